The van der Waals surface area contributed by atoms with Crippen molar-refractivity contribution in [2.75, 3.05) is 31.7 Å². The van der Waals surface area contributed by atoms with E-state index in [0.29, 0.717) is 32.5 Å². The first-order valence-corrected chi connectivity index (χ1v) is 12.0. The Kier molecular flexibility index (Phi) is 9.29. The minimum Gasteiger partial charge on any atom is -0.480 e. The van der Waals surface area contributed by atoms with Crippen LogP contribution in [0.3, 0.4) is 0 Å². The number of anilines is 1. The average molecular weight is 448 g/mol. The number of carboxylic acids is 1. The number of nitrogens with one attached hydrogen (secondary N) is 2. The van der Waals surface area contributed by atoms with E-state index in [1.165, 1.54) is 5.56 Å². The highest BCUT2D eigenvalue weighted by molar-refractivity contribution is 5.87. The van der Waals surface area contributed by atoms with Gasteiger partial charge in [0.15, 0.2) is 0 Å². The summed E-state index contributed by atoms with van der Waals surface area (Å²) in [5.41, 5.74) is 1.51. The smallest absolute Gasteiger partial charge is 0.326 e. The number of unbranched alkanes of at least 4 members (excludes halogenated alkanes) is 4. The van der Waals surface area contributed by atoms with Crippen molar-refractivity contribution in [3.05, 3.63) is 23.4 Å². The van der Waals surface area contributed by atoms with Crippen LogP contribution in [-0.2, 0) is 27.2 Å². The Morgan fingerprint density at radius 1 is 1.16 bits per heavy atom. The third kappa shape index (κ3) is 6.65. The van der Waals surface area contributed by atoms with E-state index in [-0.39, 0.29) is 12.5 Å². The summed E-state index contributed by atoms with van der Waals surface area (Å²) in [6.45, 7) is 1.52. The molecule has 1 unspecified atom stereocenters. The summed E-state index contributed by atoms with van der Waals surface area (Å²) >= 11 is 0. The fourth-order valence-corrected chi connectivity index (χ4v) is 4.48. The van der Waals surface area contributed by atoms with Gasteiger partial charge in [-0.1, -0.05) is 31.7 Å². The Bertz CT molecular complexity index is 764. The van der Waals surface area contributed by atoms with Gasteiger partial charge in [-0.15, -0.1) is 0 Å². The van der Waals surface area contributed by atoms with Crippen molar-refractivity contribution < 1.29 is 24.5 Å². The van der Waals surface area contributed by atoms with E-state index in [1.807, 2.05) is 0 Å². The monoisotopic (exact) mass is 447 g/mol. The van der Waals surface area contributed by atoms with Crippen molar-refractivity contribution in [2.45, 2.75) is 76.7 Å². The number of aliphatic carboxylic acids is 1. The summed E-state index contributed by atoms with van der Waals surface area (Å²) in [7, 11) is 0. The lowest BCUT2D eigenvalue weighted by molar-refractivity contribution is -0.148. The number of aryl methyl sites for hydroxylation is 2. The maximum absolute atomic E-state index is 12.7. The van der Waals surface area contributed by atoms with E-state index in [9.17, 15) is 19.8 Å². The standard InChI is InChI=1S/C24H37N3O5/c28-17-24(12-15-32-16-13-24)23(31)27-20(22(29)30)9-5-3-1-2-4-8-19-11-10-18-7-6-14-25-21(18)26-19/h10-11,20,28H,1-9,12-17H2,(H,25,26)(H,27,31)(H,29,30). The zero-order chi connectivity index (χ0) is 22.8. The van der Waals surface area contributed by atoms with Crippen molar-refractivity contribution in [3.8, 4) is 0 Å². The summed E-state index contributed by atoms with van der Waals surface area (Å²) in [6.07, 6.45) is 9.28. The lowest BCUT2D eigenvalue weighted by atomic mass is 9.80. The number of carbonyl (C=O) groups excluding carboxylic acids is 1. The molecule has 1 amide bonds. The predicted molar refractivity (Wildman–Crippen MR) is 122 cm³/mol. The Morgan fingerprint density at radius 3 is 2.66 bits per heavy atom. The van der Waals surface area contributed by atoms with Crippen LogP contribution >= 0.6 is 0 Å². The highest BCUT2D eigenvalue weighted by atomic mass is 16.5. The van der Waals surface area contributed by atoms with Gasteiger partial charge < -0.3 is 25.6 Å². The molecule has 3 heterocycles. The molecule has 1 aromatic heterocycles. The molecule has 2 aliphatic rings. The van der Waals surface area contributed by atoms with Crippen LogP contribution in [0.2, 0.25) is 0 Å². The van der Waals surface area contributed by atoms with Gasteiger partial charge in [0.05, 0.1) is 12.0 Å². The topological polar surface area (TPSA) is 121 Å². The molecule has 8 heteroatoms. The third-order valence-corrected chi connectivity index (χ3v) is 6.72. The summed E-state index contributed by atoms with van der Waals surface area (Å²) in [5, 5.41) is 25.3. The Labute approximate surface area is 190 Å². The number of nitrogens with zero attached hydrogens (tertiary/aromatic N) is 1. The van der Waals surface area contributed by atoms with Crippen LogP contribution in [0.5, 0.6) is 0 Å². The van der Waals surface area contributed by atoms with Crippen molar-refractivity contribution >= 4 is 17.7 Å². The second-order valence-corrected chi connectivity index (χ2v) is 9.06. The molecule has 0 radical (unpaired) electrons. The number of aromatic nitrogens is 1. The van der Waals surface area contributed by atoms with Crippen LogP contribution in [0.15, 0.2) is 12.1 Å². The first-order valence-electron chi connectivity index (χ1n) is 12.0. The minimum atomic E-state index is -1.02. The van der Waals surface area contributed by atoms with Gasteiger partial charge in [-0.2, -0.15) is 0 Å². The molecule has 0 saturated carbocycles. The van der Waals surface area contributed by atoms with Gasteiger partial charge >= 0.3 is 5.97 Å². The van der Waals surface area contributed by atoms with Gasteiger partial charge in [-0.3, -0.25) is 4.79 Å². The van der Waals surface area contributed by atoms with Gasteiger partial charge in [0.1, 0.15) is 11.9 Å². The summed E-state index contributed by atoms with van der Waals surface area (Å²) in [5.74, 6) is -0.354. The number of hydrogen-bond acceptors (Lipinski definition) is 6. The molecule has 8 nitrogen and oxygen atoms in total. The van der Waals surface area contributed by atoms with Gasteiger partial charge in [0.2, 0.25) is 5.91 Å². The second-order valence-electron chi connectivity index (χ2n) is 9.06. The highest BCUT2D eigenvalue weighted by Gasteiger charge is 2.40. The second kappa shape index (κ2) is 12.2. The van der Waals surface area contributed by atoms with Gasteiger partial charge in [-0.05, 0) is 56.6 Å². The largest absolute Gasteiger partial charge is 0.480 e. The van der Waals surface area contributed by atoms with Crippen LogP contribution in [0.4, 0.5) is 5.82 Å². The molecule has 2 aliphatic heterocycles. The number of pyridine rings is 1. The number of hydrogen-bond donors (Lipinski definition) is 4. The van der Waals surface area contributed by atoms with Crippen LogP contribution < -0.4 is 10.6 Å². The SMILES string of the molecule is O=C(O)C(CCCCCCCc1ccc2c(n1)NCCC2)NC(=O)C1(CO)CCOCC1. The predicted octanol–water partition coefficient (Wildman–Crippen LogP) is 2.68. The molecule has 1 atom stereocenters. The number of ether oxygens (including phenoxy) is 1. The lowest BCUT2D eigenvalue weighted by Gasteiger charge is -2.34. The quantitative estimate of drug-likeness (QED) is 0.364. The fraction of sp³-hybridized carbons (Fsp3) is 0.708. The molecule has 1 aromatic rings. The molecular weight excluding hydrogens is 410 g/mol. The summed E-state index contributed by atoms with van der Waals surface area (Å²) in [4.78, 5) is 29.0. The molecular formula is C24H37N3O5. The maximum Gasteiger partial charge on any atom is 0.326 e. The molecule has 1 fully saturated rings. The minimum absolute atomic E-state index is 0.288. The van der Waals surface area contributed by atoms with Crippen molar-refractivity contribution in [1.29, 1.82) is 0 Å². The molecule has 0 spiro atoms. The van der Waals surface area contributed by atoms with E-state index in [2.05, 4.69) is 22.8 Å². The summed E-state index contributed by atoms with van der Waals surface area (Å²) < 4.78 is 5.28. The molecule has 32 heavy (non-hydrogen) atoms. The molecule has 0 bridgehead atoms. The normalized spacial score (nSPS) is 18.3. The van der Waals surface area contributed by atoms with Crippen molar-refractivity contribution in [2.24, 2.45) is 5.41 Å². The Balaban J connectivity index is 1.33. The number of rotatable bonds is 12. The highest BCUT2D eigenvalue weighted by Crippen LogP contribution is 2.30. The number of carbonyl (C=O) groups is 2. The maximum atomic E-state index is 12.7. The number of amides is 1. The van der Waals surface area contributed by atoms with Crippen LogP contribution in [0.25, 0.3) is 0 Å². The molecule has 3 rings (SSSR count). The third-order valence-electron chi connectivity index (χ3n) is 6.72. The number of aliphatic hydroxyl groups excluding tert-OH is 1. The average Bonchev–Trinajstić information content (AvgIpc) is 2.82. The van der Waals surface area contributed by atoms with E-state index in [1.54, 1.807) is 0 Å². The van der Waals surface area contributed by atoms with Gasteiger partial charge in [0.25, 0.3) is 0 Å². The molecule has 0 aromatic carbocycles. The van der Waals surface area contributed by atoms with Crippen molar-refractivity contribution in [1.82, 2.24) is 10.3 Å². The first kappa shape index (κ1) is 24.5. The fourth-order valence-electron chi connectivity index (χ4n) is 4.48. The summed E-state index contributed by atoms with van der Waals surface area (Å²) in [6, 6.07) is 3.40. The zero-order valence-corrected chi connectivity index (χ0v) is 18.9. The number of aliphatic hydroxyl groups is 1. The van der Waals surface area contributed by atoms with E-state index >= 15 is 0 Å². The zero-order valence-electron chi connectivity index (χ0n) is 18.9. The van der Waals surface area contributed by atoms with E-state index in [0.717, 1.165) is 69.4 Å². The number of fused-ring (bicyclic) bond motifs is 1. The van der Waals surface area contributed by atoms with E-state index < -0.39 is 17.4 Å². The van der Waals surface area contributed by atoms with Crippen molar-refractivity contribution in [3.63, 3.8) is 0 Å². The first-order chi connectivity index (χ1) is 15.5. The molecule has 1 saturated heterocycles. The van der Waals surface area contributed by atoms with Gasteiger partial charge in [0, 0.05) is 25.5 Å². The van der Waals surface area contributed by atoms with Crippen LogP contribution in [-0.4, -0.2) is 59.5 Å². The van der Waals surface area contributed by atoms with E-state index in [4.69, 9.17) is 9.72 Å². The molecule has 4 N–H and O–H groups in total. The number of carboxylic acid groups (broad SMARTS) is 1. The lowest BCUT2D eigenvalue weighted by Crippen LogP contribution is -2.52. The molecule has 178 valence electrons. The van der Waals surface area contributed by atoms with Crippen LogP contribution in [0.1, 0.15) is 69.0 Å². The Morgan fingerprint density at radius 2 is 1.91 bits per heavy atom. The van der Waals surface area contributed by atoms with Gasteiger partial charge in [-0.25, -0.2) is 9.78 Å². The van der Waals surface area contributed by atoms with Crippen LogP contribution in [0, 0.1) is 5.41 Å². The molecule has 0 aliphatic carbocycles. The Hall–Kier alpha value is -2.19.